The van der Waals surface area contributed by atoms with Gasteiger partial charge in [0.1, 0.15) is 18.1 Å². The van der Waals surface area contributed by atoms with Crippen LogP contribution in [0.4, 0.5) is 5.69 Å². The molecule has 0 bridgehead atoms. The fourth-order valence-corrected chi connectivity index (χ4v) is 2.45. The molecule has 1 heterocycles. The molecule has 0 saturated carbocycles. The SMILES string of the molecule is Cc1ccc(OCc2occc2C(=O)Nc2ccc(O)cc2C(=O)O)cc1. The molecule has 0 aliphatic heterocycles. The largest absolute Gasteiger partial charge is 0.508 e. The molecule has 3 rings (SSSR count). The van der Waals surface area contributed by atoms with Crippen LogP contribution in [0.5, 0.6) is 11.5 Å². The van der Waals surface area contributed by atoms with E-state index >= 15 is 0 Å². The van der Waals surface area contributed by atoms with Gasteiger partial charge in [0.2, 0.25) is 0 Å². The second kappa shape index (κ2) is 7.65. The molecule has 0 radical (unpaired) electrons. The Morgan fingerprint density at radius 3 is 2.52 bits per heavy atom. The van der Waals surface area contributed by atoms with Crippen LogP contribution >= 0.6 is 0 Å². The predicted octanol–water partition coefficient (Wildman–Crippen LogP) is 3.82. The summed E-state index contributed by atoms with van der Waals surface area (Å²) in [5.41, 5.74) is 1.18. The van der Waals surface area contributed by atoms with E-state index in [2.05, 4.69) is 5.32 Å². The Balaban J connectivity index is 1.74. The molecular formula is C20H17NO6. The van der Waals surface area contributed by atoms with Crippen LogP contribution in [0, 0.1) is 6.92 Å². The van der Waals surface area contributed by atoms with Crippen molar-refractivity contribution in [2.24, 2.45) is 0 Å². The Bertz CT molecular complexity index is 974. The van der Waals surface area contributed by atoms with Gasteiger partial charge in [0, 0.05) is 0 Å². The number of furan rings is 1. The van der Waals surface area contributed by atoms with Gasteiger partial charge < -0.3 is 24.7 Å². The minimum atomic E-state index is -1.27. The van der Waals surface area contributed by atoms with Crippen LogP contribution in [0.25, 0.3) is 0 Å². The number of hydrogen-bond acceptors (Lipinski definition) is 5. The lowest BCUT2D eigenvalue weighted by atomic mass is 10.1. The number of rotatable bonds is 6. The van der Waals surface area contributed by atoms with E-state index in [0.717, 1.165) is 11.6 Å². The molecule has 1 amide bonds. The van der Waals surface area contributed by atoms with Crippen molar-refractivity contribution in [1.29, 1.82) is 0 Å². The number of benzene rings is 2. The van der Waals surface area contributed by atoms with E-state index in [-0.39, 0.29) is 29.2 Å². The van der Waals surface area contributed by atoms with Crippen molar-refractivity contribution in [2.45, 2.75) is 13.5 Å². The Labute approximate surface area is 154 Å². The number of anilines is 1. The highest BCUT2D eigenvalue weighted by molar-refractivity contribution is 6.08. The zero-order chi connectivity index (χ0) is 19.4. The number of amides is 1. The Hall–Kier alpha value is -3.74. The molecule has 0 aliphatic rings. The van der Waals surface area contributed by atoms with E-state index in [1.54, 1.807) is 0 Å². The van der Waals surface area contributed by atoms with Gasteiger partial charge in [0.15, 0.2) is 5.76 Å². The highest BCUT2D eigenvalue weighted by Crippen LogP contribution is 2.23. The molecule has 0 atom stereocenters. The molecule has 7 heteroatoms. The number of ether oxygens (including phenoxy) is 1. The number of nitrogens with one attached hydrogen (secondary N) is 1. The zero-order valence-corrected chi connectivity index (χ0v) is 14.4. The second-order valence-corrected chi connectivity index (χ2v) is 5.85. The maximum Gasteiger partial charge on any atom is 0.337 e. The average Bonchev–Trinajstić information content (AvgIpc) is 3.11. The number of aromatic hydroxyl groups is 1. The van der Waals surface area contributed by atoms with Crippen molar-refractivity contribution < 1.29 is 29.0 Å². The third kappa shape index (κ3) is 4.27. The summed E-state index contributed by atoms with van der Waals surface area (Å²) in [6, 6.07) is 12.6. The molecule has 0 spiro atoms. The molecule has 138 valence electrons. The number of carboxylic acid groups (broad SMARTS) is 1. The Morgan fingerprint density at radius 2 is 1.81 bits per heavy atom. The molecule has 0 aliphatic carbocycles. The maximum absolute atomic E-state index is 12.5. The molecule has 0 saturated heterocycles. The lowest BCUT2D eigenvalue weighted by Gasteiger charge is -2.10. The summed E-state index contributed by atoms with van der Waals surface area (Å²) < 4.78 is 10.9. The van der Waals surface area contributed by atoms with Crippen molar-refractivity contribution >= 4 is 17.6 Å². The standard InChI is InChI=1S/C20H17NO6/c1-12-2-5-14(6-3-12)27-11-18-15(8-9-26-18)19(23)21-17-7-4-13(22)10-16(17)20(24)25/h2-10,22H,11H2,1H3,(H,21,23)(H,24,25). The molecule has 0 fully saturated rings. The first-order valence-electron chi connectivity index (χ1n) is 8.07. The summed E-state index contributed by atoms with van der Waals surface area (Å²) in [7, 11) is 0. The minimum absolute atomic E-state index is 0.0418. The van der Waals surface area contributed by atoms with Crippen LogP contribution in [-0.4, -0.2) is 22.1 Å². The normalized spacial score (nSPS) is 10.4. The van der Waals surface area contributed by atoms with Gasteiger partial charge in [-0.25, -0.2) is 4.79 Å². The Kier molecular flexibility index (Phi) is 5.12. The van der Waals surface area contributed by atoms with Crippen molar-refractivity contribution in [2.75, 3.05) is 5.32 Å². The van der Waals surface area contributed by atoms with E-state index in [0.29, 0.717) is 11.5 Å². The first-order valence-corrected chi connectivity index (χ1v) is 8.07. The predicted molar refractivity (Wildman–Crippen MR) is 97.2 cm³/mol. The number of phenolic OH excluding ortho intramolecular Hbond substituents is 1. The summed E-state index contributed by atoms with van der Waals surface area (Å²) >= 11 is 0. The van der Waals surface area contributed by atoms with Gasteiger partial charge in [-0.2, -0.15) is 0 Å². The smallest absolute Gasteiger partial charge is 0.337 e. The Morgan fingerprint density at radius 1 is 1.07 bits per heavy atom. The van der Waals surface area contributed by atoms with Crippen LogP contribution in [-0.2, 0) is 6.61 Å². The van der Waals surface area contributed by atoms with E-state index in [1.165, 1.54) is 24.5 Å². The van der Waals surface area contributed by atoms with E-state index in [1.807, 2.05) is 31.2 Å². The first kappa shape index (κ1) is 18.1. The lowest BCUT2D eigenvalue weighted by molar-refractivity contribution is 0.0697. The van der Waals surface area contributed by atoms with E-state index < -0.39 is 11.9 Å². The number of carbonyl (C=O) groups excluding carboxylic acids is 1. The van der Waals surface area contributed by atoms with Crippen LogP contribution in [0.1, 0.15) is 32.0 Å². The number of carboxylic acids is 1. The van der Waals surface area contributed by atoms with Gasteiger partial charge in [0.05, 0.1) is 23.1 Å². The molecule has 0 unspecified atom stereocenters. The van der Waals surface area contributed by atoms with Crippen LogP contribution < -0.4 is 10.1 Å². The molecule has 7 nitrogen and oxygen atoms in total. The topological polar surface area (TPSA) is 109 Å². The third-order valence-corrected chi connectivity index (χ3v) is 3.86. The van der Waals surface area contributed by atoms with Gasteiger partial charge in [-0.1, -0.05) is 17.7 Å². The van der Waals surface area contributed by atoms with Gasteiger partial charge >= 0.3 is 5.97 Å². The van der Waals surface area contributed by atoms with Crippen LogP contribution in [0.2, 0.25) is 0 Å². The van der Waals surface area contributed by atoms with Gasteiger partial charge in [-0.05, 0) is 43.3 Å². The van der Waals surface area contributed by atoms with Crippen molar-refractivity contribution in [3.8, 4) is 11.5 Å². The number of aryl methyl sites for hydroxylation is 1. The summed E-state index contributed by atoms with van der Waals surface area (Å²) in [4.78, 5) is 23.8. The summed E-state index contributed by atoms with van der Waals surface area (Å²) in [5, 5.41) is 21.2. The molecule has 2 aromatic carbocycles. The van der Waals surface area contributed by atoms with Crippen LogP contribution in [0.3, 0.4) is 0 Å². The van der Waals surface area contributed by atoms with Crippen molar-refractivity contribution in [3.05, 3.63) is 77.2 Å². The van der Waals surface area contributed by atoms with Gasteiger partial charge in [-0.15, -0.1) is 0 Å². The third-order valence-electron chi connectivity index (χ3n) is 3.86. The average molecular weight is 367 g/mol. The maximum atomic E-state index is 12.5. The van der Waals surface area contributed by atoms with Gasteiger partial charge in [-0.3, -0.25) is 4.79 Å². The van der Waals surface area contributed by atoms with E-state index in [9.17, 15) is 19.8 Å². The van der Waals surface area contributed by atoms with Gasteiger partial charge in [0.25, 0.3) is 5.91 Å². The summed E-state index contributed by atoms with van der Waals surface area (Å²) in [5.74, 6) is -1.07. The fraction of sp³-hybridized carbons (Fsp3) is 0.100. The number of phenols is 1. The summed E-state index contributed by atoms with van der Waals surface area (Å²) in [6.07, 6.45) is 1.36. The minimum Gasteiger partial charge on any atom is -0.508 e. The highest BCUT2D eigenvalue weighted by atomic mass is 16.5. The van der Waals surface area contributed by atoms with Crippen LogP contribution in [0.15, 0.2) is 59.2 Å². The fourth-order valence-electron chi connectivity index (χ4n) is 2.45. The molecule has 3 aromatic rings. The quantitative estimate of drug-likeness (QED) is 0.572. The van der Waals surface area contributed by atoms with E-state index in [4.69, 9.17) is 9.15 Å². The zero-order valence-electron chi connectivity index (χ0n) is 14.4. The number of hydrogen-bond donors (Lipinski definition) is 3. The first-order chi connectivity index (χ1) is 12.9. The lowest BCUT2D eigenvalue weighted by Crippen LogP contribution is -2.16. The molecule has 3 N–H and O–H groups in total. The molecule has 27 heavy (non-hydrogen) atoms. The monoisotopic (exact) mass is 367 g/mol. The molecule has 1 aromatic heterocycles. The molecular weight excluding hydrogens is 350 g/mol. The summed E-state index contributed by atoms with van der Waals surface area (Å²) in [6.45, 7) is 2.01. The highest BCUT2D eigenvalue weighted by Gasteiger charge is 2.19. The van der Waals surface area contributed by atoms with Crippen molar-refractivity contribution in [1.82, 2.24) is 0 Å². The second-order valence-electron chi connectivity index (χ2n) is 5.85. The van der Waals surface area contributed by atoms with Crippen molar-refractivity contribution in [3.63, 3.8) is 0 Å². The number of aromatic carboxylic acids is 1. The number of carbonyl (C=O) groups is 2.